The Bertz CT molecular complexity index is 1270. The molecule has 13 heteroatoms. The van der Waals surface area contributed by atoms with Crippen LogP contribution in [0, 0.1) is 0 Å². The first-order valence-corrected chi connectivity index (χ1v) is 18.8. The van der Waals surface area contributed by atoms with Crippen LogP contribution in [0.3, 0.4) is 0 Å². The van der Waals surface area contributed by atoms with Crippen molar-refractivity contribution in [3.8, 4) is 42.5 Å². The first-order valence-electron chi connectivity index (χ1n) is 13.3. The highest BCUT2D eigenvalue weighted by molar-refractivity contribution is 7.99. The van der Waals surface area contributed by atoms with Crippen LogP contribution in [0.1, 0.15) is 0 Å². The van der Waals surface area contributed by atoms with Crippen LogP contribution in [-0.4, -0.2) is 77.6 Å². The zero-order valence-corrected chi connectivity index (χ0v) is 27.2. The number of fused-ring (bicyclic) bond motifs is 2. The SMILES string of the molecule is c1cc(SCCOCCOCCOCCSc2ccsc2-c2scc3c2OCCO3)c(-c2scc3c2OCCO3)s1. The minimum absolute atomic E-state index is 0.570. The Morgan fingerprint density at radius 1 is 0.537 bits per heavy atom. The zero-order chi connectivity index (χ0) is 27.7. The van der Waals surface area contributed by atoms with Crippen molar-refractivity contribution in [3.05, 3.63) is 33.7 Å². The predicted molar refractivity (Wildman–Crippen MR) is 171 cm³/mol. The summed E-state index contributed by atoms with van der Waals surface area (Å²) in [5.74, 6) is 5.27. The standard InChI is InChI=1S/C28H30O7S6/c1-13-38-25(27-23-19(17-40-27)32-7-9-34-23)21(1)36-15-11-30-5-3-29-4-6-31-12-16-37-22-2-14-39-26(22)28-24-20(18-41-28)33-8-10-35-24/h1-2,13-14,17-18H,3-12,15-16H2. The fourth-order valence-corrected chi connectivity index (χ4v) is 10.5. The Labute approximate surface area is 264 Å². The first kappa shape index (κ1) is 29.6. The Morgan fingerprint density at radius 2 is 0.976 bits per heavy atom. The molecule has 220 valence electrons. The van der Waals surface area contributed by atoms with Crippen LogP contribution in [0.25, 0.3) is 19.5 Å². The first-order chi connectivity index (χ1) is 20.4. The van der Waals surface area contributed by atoms with Crippen molar-refractivity contribution in [2.75, 3.05) is 77.6 Å². The molecule has 2 aliphatic rings. The summed E-state index contributed by atoms with van der Waals surface area (Å²) >= 11 is 10.5. The van der Waals surface area contributed by atoms with Crippen molar-refractivity contribution < 1.29 is 33.2 Å². The molecule has 0 N–H and O–H groups in total. The quantitative estimate of drug-likeness (QED) is 0.0880. The van der Waals surface area contributed by atoms with Crippen molar-refractivity contribution in [1.82, 2.24) is 0 Å². The molecule has 6 rings (SSSR count). The van der Waals surface area contributed by atoms with E-state index in [4.69, 9.17) is 33.2 Å². The minimum atomic E-state index is 0.570. The lowest BCUT2D eigenvalue weighted by Crippen LogP contribution is -2.14. The smallest absolute Gasteiger partial charge is 0.180 e. The molecule has 7 nitrogen and oxygen atoms in total. The third-order valence-corrected chi connectivity index (χ3v) is 12.3. The van der Waals surface area contributed by atoms with Gasteiger partial charge in [0.25, 0.3) is 0 Å². The lowest BCUT2D eigenvalue weighted by molar-refractivity contribution is 0.0205. The summed E-state index contributed by atoms with van der Waals surface area (Å²) in [6.07, 6.45) is 0. The number of rotatable bonds is 16. The van der Waals surface area contributed by atoms with E-state index in [9.17, 15) is 0 Å². The normalized spacial score (nSPS) is 14.0. The average molecular weight is 671 g/mol. The van der Waals surface area contributed by atoms with Crippen LogP contribution in [-0.2, 0) is 14.2 Å². The highest BCUT2D eigenvalue weighted by Gasteiger charge is 2.23. The lowest BCUT2D eigenvalue weighted by Gasteiger charge is -2.16. The van der Waals surface area contributed by atoms with Gasteiger partial charge in [0.15, 0.2) is 23.0 Å². The molecule has 4 aromatic heterocycles. The van der Waals surface area contributed by atoms with Gasteiger partial charge in [-0.3, -0.25) is 0 Å². The number of hydrogen-bond acceptors (Lipinski definition) is 13. The molecule has 0 fully saturated rings. The van der Waals surface area contributed by atoms with Gasteiger partial charge in [0.2, 0.25) is 0 Å². The molecule has 0 radical (unpaired) electrons. The van der Waals surface area contributed by atoms with E-state index >= 15 is 0 Å². The van der Waals surface area contributed by atoms with Crippen LogP contribution in [0.4, 0.5) is 0 Å². The molecular weight excluding hydrogens is 641 g/mol. The highest BCUT2D eigenvalue weighted by Crippen LogP contribution is 2.51. The van der Waals surface area contributed by atoms with E-state index in [0.29, 0.717) is 66.1 Å². The fourth-order valence-electron chi connectivity index (χ4n) is 4.16. The van der Waals surface area contributed by atoms with Crippen molar-refractivity contribution in [1.29, 1.82) is 0 Å². The summed E-state index contributed by atoms with van der Waals surface area (Å²) in [5, 5.41) is 8.33. The van der Waals surface area contributed by atoms with E-state index < -0.39 is 0 Å². The van der Waals surface area contributed by atoms with Gasteiger partial charge in [0.05, 0.1) is 59.1 Å². The summed E-state index contributed by atoms with van der Waals surface area (Å²) in [7, 11) is 0. The molecule has 2 aliphatic heterocycles. The third-order valence-electron chi connectivity index (χ3n) is 5.99. The molecule has 0 aliphatic carbocycles. The van der Waals surface area contributed by atoms with E-state index in [-0.39, 0.29) is 0 Å². The maximum absolute atomic E-state index is 5.87. The number of ether oxygens (including phenoxy) is 7. The number of thiophene rings is 4. The van der Waals surface area contributed by atoms with E-state index in [1.165, 1.54) is 19.5 Å². The summed E-state index contributed by atoms with van der Waals surface area (Å²) < 4.78 is 40.3. The van der Waals surface area contributed by atoms with Crippen molar-refractivity contribution in [2.24, 2.45) is 0 Å². The van der Waals surface area contributed by atoms with Gasteiger partial charge in [0, 0.05) is 32.1 Å². The monoisotopic (exact) mass is 670 g/mol. The molecule has 0 saturated carbocycles. The maximum Gasteiger partial charge on any atom is 0.180 e. The van der Waals surface area contributed by atoms with E-state index in [1.807, 2.05) is 34.3 Å². The molecule has 0 spiro atoms. The Kier molecular flexibility index (Phi) is 11.1. The molecule has 6 heterocycles. The largest absolute Gasteiger partial charge is 0.485 e. The predicted octanol–water partition coefficient (Wildman–Crippen LogP) is 7.74. The van der Waals surface area contributed by atoms with Crippen LogP contribution >= 0.6 is 68.9 Å². The van der Waals surface area contributed by atoms with Crippen molar-refractivity contribution in [3.63, 3.8) is 0 Å². The number of hydrogen-bond donors (Lipinski definition) is 0. The second kappa shape index (κ2) is 15.3. The van der Waals surface area contributed by atoms with Gasteiger partial charge in [0.1, 0.15) is 26.4 Å². The van der Waals surface area contributed by atoms with Gasteiger partial charge in [-0.05, 0) is 22.9 Å². The Morgan fingerprint density at radius 3 is 1.46 bits per heavy atom. The molecule has 0 unspecified atom stereocenters. The Balaban J connectivity index is 0.800. The molecule has 41 heavy (non-hydrogen) atoms. The van der Waals surface area contributed by atoms with Gasteiger partial charge in [-0.25, -0.2) is 0 Å². The molecule has 0 aromatic carbocycles. The number of thioether (sulfide) groups is 2. The summed E-state index contributed by atoms with van der Waals surface area (Å²) in [4.78, 5) is 7.32. The van der Waals surface area contributed by atoms with Crippen molar-refractivity contribution in [2.45, 2.75) is 9.79 Å². The molecule has 0 amide bonds. The van der Waals surface area contributed by atoms with Gasteiger partial charge in [-0.1, -0.05) is 0 Å². The summed E-state index contributed by atoms with van der Waals surface area (Å²) in [6, 6.07) is 4.34. The second-order valence-electron chi connectivity index (χ2n) is 8.67. The highest BCUT2D eigenvalue weighted by atomic mass is 32.2. The van der Waals surface area contributed by atoms with Gasteiger partial charge in [-0.15, -0.1) is 68.9 Å². The summed E-state index contributed by atoms with van der Waals surface area (Å²) in [5.41, 5.74) is 0. The molecular formula is C28H30O7S6. The van der Waals surface area contributed by atoms with E-state index in [2.05, 4.69) is 22.9 Å². The Hall–Kier alpha value is -1.42. The molecule has 0 saturated heterocycles. The van der Waals surface area contributed by atoms with Gasteiger partial charge in [-0.2, -0.15) is 0 Å². The van der Waals surface area contributed by atoms with E-state index in [0.717, 1.165) is 44.3 Å². The zero-order valence-electron chi connectivity index (χ0n) is 22.3. The molecule has 0 atom stereocenters. The molecule has 0 bridgehead atoms. The summed E-state index contributed by atoms with van der Waals surface area (Å²) in [6.45, 7) is 6.10. The molecule has 4 aromatic rings. The van der Waals surface area contributed by atoms with Crippen LogP contribution in [0.15, 0.2) is 43.4 Å². The average Bonchev–Trinajstić information content (AvgIpc) is 3.81. The van der Waals surface area contributed by atoms with Crippen LogP contribution in [0.5, 0.6) is 23.0 Å². The topological polar surface area (TPSA) is 64.6 Å². The van der Waals surface area contributed by atoms with Crippen LogP contribution < -0.4 is 18.9 Å². The fraction of sp³-hybridized carbons (Fsp3) is 0.429. The second-order valence-corrected chi connectivity index (χ2v) is 14.5. The van der Waals surface area contributed by atoms with Gasteiger partial charge < -0.3 is 33.2 Å². The third kappa shape index (κ3) is 7.57. The minimum Gasteiger partial charge on any atom is -0.485 e. The maximum atomic E-state index is 5.87. The van der Waals surface area contributed by atoms with E-state index in [1.54, 1.807) is 45.3 Å². The lowest BCUT2D eigenvalue weighted by atomic mass is 10.3. The van der Waals surface area contributed by atoms with Crippen molar-refractivity contribution >= 4 is 68.9 Å². The van der Waals surface area contributed by atoms with Crippen LogP contribution in [0.2, 0.25) is 0 Å². The van der Waals surface area contributed by atoms with Gasteiger partial charge >= 0.3 is 0 Å².